The number of phenolic OH excluding ortho intramolecular Hbond substituents is 2. The van der Waals surface area contributed by atoms with Crippen LogP contribution in [-0.2, 0) is 6.42 Å². The van der Waals surface area contributed by atoms with Crippen LogP contribution in [0.25, 0.3) is 0 Å². The van der Waals surface area contributed by atoms with Gasteiger partial charge >= 0.3 is 0 Å². The van der Waals surface area contributed by atoms with Crippen LogP contribution in [0, 0.1) is 6.92 Å². The average molecular weight is 295 g/mol. The smallest absolute Gasteiger partial charge is 0.141 e. The molecule has 110 valence electrons. The highest BCUT2D eigenvalue weighted by Crippen LogP contribution is 2.37. The van der Waals surface area contributed by atoms with Crippen LogP contribution in [0.3, 0.4) is 0 Å². The molecule has 0 atom stereocenters. The van der Waals surface area contributed by atoms with Gasteiger partial charge in [-0.1, -0.05) is 34.9 Å². The van der Waals surface area contributed by atoms with Crippen LogP contribution >= 0.6 is 11.6 Å². The van der Waals surface area contributed by atoms with E-state index in [1.807, 2.05) is 6.08 Å². The normalized spacial score (nSPS) is 11.6. The Balaban J connectivity index is 2.79. The molecule has 2 N–H and O–H groups in total. The van der Waals surface area contributed by atoms with E-state index in [1.54, 1.807) is 13.0 Å². The fourth-order valence-electron chi connectivity index (χ4n) is 1.96. The third-order valence-electron chi connectivity index (χ3n) is 3.25. The van der Waals surface area contributed by atoms with E-state index in [4.69, 9.17) is 11.6 Å². The molecule has 0 aliphatic rings. The van der Waals surface area contributed by atoms with Crippen LogP contribution in [-0.4, -0.2) is 10.2 Å². The topological polar surface area (TPSA) is 40.5 Å². The van der Waals surface area contributed by atoms with Crippen LogP contribution in [0.15, 0.2) is 29.4 Å². The summed E-state index contributed by atoms with van der Waals surface area (Å²) in [4.78, 5) is 0. The molecule has 2 nitrogen and oxygen atoms in total. The van der Waals surface area contributed by atoms with Gasteiger partial charge in [-0.15, -0.1) is 0 Å². The van der Waals surface area contributed by atoms with E-state index < -0.39 is 0 Å². The van der Waals surface area contributed by atoms with Crippen molar-refractivity contribution in [1.82, 2.24) is 0 Å². The average Bonchev–Trinajstić information content (AvgIpc) is 2.35. The van der Waals surface area contributed by atoms with Gasteiger partial charge in [-0.3, -0.25) is 0 Å². The van der Waals surface area contributed by atoms with Crippen LogP contribution in [0.2, 0.25) is 5.02 Å². The van der Waals surface area contributed by atoms with Crippen LogP contribution in [0.1, 0.15) is 44.7 Å². The van der Waals surface area contributed by atoms with Gasteiger partial charge in [-0.05, 0) is 58.6 Å². The maximum absolute atomic E-state index is 9.99. The molecule has 0 spiro atoms. The second-order valence-corrected chi connectivity index (χ2v) is 5.81. The highest BCUT2D eigenvalue weighted by molar-refractivity contribution is 6.33. The van der Waals surface area contributed by atoms with Crippen molar-refractivity contribution in [3.8, 4) is 11.5 Å². The quantitative estimate of drug-likeness (QED) is 0.724. The number of hydrogen-bond donors (Lipinski definition) is 2. The van der Waals surface area contributed by atoms with Crippen molar-refractivity contribution in [2.24, 2.45) is 0 Å². The Kier molecular flexibility index (Phi) is 6.15. The SMILES string of the molecule is CC(C)=CCC/C(C)=C/Cc1c(O)cc(C)c(Cl)c1O. The lowest BCUT2D eigenvalue weighted by Gasteiger charge is -2.10. The van der Waals surface area contributed by atoms with E-state index in [0.717, 1.165) is 12.8 Å². The molecular formula is C17H23ClO2. The Morgan fingerprint density at radius 3 is 2.45 bits per heavy atom. The Morgan fingerprint density at radius 2 is 1.85 bits per heavy atom. The molecule has 0 unspecified atom stereocenters. The van der Waals surface area contributed by atoms with E-state index in [2.05, 4.69) is 26.8 Å². The summed E-state index contributed by atoms with van der Waals surface area (Å²) in [5.74, 6) is 0.0789. The zero-order valence-electron chi connectivity index (χ0n) is 12.6. The summed E-state index contributed by atoms with van der Waals surface area (Å²) < 4.78 is 0. The van der Waals surface area contributed by atoms with Gasteiger partial charge in [0.05, 0.1) is 5.02 Å². The monoisotopic (exact) mass is 294 g/mol. The first-order valence-electron chi connectivity index (χ1n) is 6.81. The first kappa shape index (κ1) is 16.6. The van der Waals surface area contributed by atoms with Crippen LogP contribution < -0.4 is 0 Å². The molecule has 1 aromatic carbocycles. The number of halogens is 1. The van der Waals surface area contributed by atoms with Gasteiger partial charge in [-0.2, -0.15) is 0 Å². The molecule has 0 aliphatic heterocycles. The van der Waals surface area contributed by atoms with Crippen LogP contribution in [0.5, 0.6) is 11.5 Å². The number of phenols is 2. The molecule has 3 heteroatoms. The fraction of sp³-hybridized carbons (Fsp3) is 0.412. The number of hydrogen-bond acceptors (Lipinski definition) is 2. The van der Waals surface area contributed by atoms with E-state index in [9.17, 15) is 10.2 Å². The van der Waals surface area contributed by atoms with Crippen molar-refractivity contribution in [3.05, 3.63) is 45.5 Å². The fourth-order valence-corrected chi connectivity index (χ4v) is 2.13. The first-order chi connectivity index (χ1) is 9.32. The van der Waals surface area contributed by atoms with Gasteiger partial charge in [0.15, 0.2) is 0 Å². The van der Waals surface area contributed by atoms with E-state index >= 15 is 0 Å². The molecule has 0 radical (unpaired) electrons. The van der Waals surface area contributed by atoms with Crippen molar-refractivity contribution in [2.75, 3.05) is 0 Å². The maximum Gasteiger partial charge on any atom is 0.141 e. The van der Waals surface area contributed by atoms with Crippen molar-refractivity contribution in [3.63, 3.8) is 0 Å². The summed E-state index contributed by atoms with van der Waals surface area (Å²) in [6, 6.07) is 1.59. The number of aromatic hydroxyl groups is 2. The minimum absolute atomic E-state index is 0.0162. The molecule has 1 rings (SSSR count). The summed E-state index contributed by atoms with van der Waals surface area (Å²) in [5, 5.41) is 20.2. The molecule has 0 aliphatic carbocycles. The molecule has 0 bridgehead atoms. The molecule has 1 aromatic rings. The largest absolute Gasteiger partial charge is 0.508 e. The van der Waals surface area contributed by atoms with Gasteiger partial charge in [0.25, 0.3) is 0 Å². The lowest BCUT2D eigenvalue weighted by Crippen LogP contribution is -1.89. The standard InChI is InChI=1S/C17H23ClO2/c1-11(2)6-5-7-12(3)8-9-14-15(19)10-13(4)16(18)17(14)20/h6,8,10,19-20H,5,7,9H2,1-4H3/b12-8+. The summed E-state index contributed by atoms with van der Waals surface area (Å²) in [5.41, 5.74) is 3.72. The van der Waals surface area contributed by atoms with Gasteiger partial charge in [0.2, 0.25) is 0 Å². The van der Waals surface area contributed by atoms with Crippen LogP contribution in [0.4, 0.5) is 0 Å². The van der Waals surface area contributed by atoms with Gasteiger partial charge in [-0.25, -0.2) is 0 Å². The second kappa shape index (κ2) is 7.39. The minimum atomic E-state index is -0.0162. The summed E-state index contributed by atoms with van der Waals surface area (Å²) in [7, 11) is 0. The minimum Gasteiger partial charge on any atom is -0.508 e. The molecule has 0 aromatic heterocycles. The third-order valence-corrected chi connectivity index (χ3v) is 3.73. The van der Waals surface area contributed by atoms with Crippen molar-refractivity contribution < 1.29 is 10.2 Å². The van der Waals surface area contributed by atoms with E-state index in [-0.39, 0.29) is 11.5 Å². The first-order valence-corrected chi connectivity index (χ1v) is 7.19. The molecule has 0 saturated heterocycles. The summed E-state index contributed by atoms with van der Waals surface area (Å²) in [6.07, 6.45) is 6.70. The number of allylic oxidation sites excluding steroid dienone is 4. The second-order valence-electron chi connectivity index (χ2n) is 5.43. The third kappa shape index (κ3) is 4.61. The zero-order valence-corrected chi connectivity index (χ0v) is 13.4. The van der Waals surface area contributed by atoms with Gasteiger partial charge in [0, 0.05) is 5.56 Å². The molecular weight excluding hydrogens is 272 g/mol. The molecule has 0 fully saturated rings. The molecule has 0 saturated carbocycles. The lowest BCUT2D eigenvalue weighted by molar-refractivity contribution is 0.440. The van der Waals surface area contributed by atoms with E-state index in [1.165, 1.54) is 11.1 Å². The summed E-state index contributed by atoms with van der Waals surface area (Å²) in [6.45, 7) is 7.99. The Hall–Kier alpha value is -1.41. The molecule has 0 heterocycles. The highest BCUT2D eigenvalue weighted by atomic mass is 35.5. The predicted octanol–water partition coefficient (Wildman–Crippen LogP) is 5.29. The highest BCUT2D eigenvalue weighted by Gasteiger charge is 2.12. The predicted molar refractivity (Wildman–Crippen MR) is 85.6 cm³/mol. The van der Waals surface area contributed by atoms with Crippen molar-refractivity contribution in [2.45, 2.75) is 47.0 Å². The number of aryl methyl sites for hydroxylation is 1. The zero-order chi connectivity index (χ0) is 15.3. The molecule has 0 amide bonds. The Bertz CT molecular complexity index is 538. The van der Waals surface area contributed by atoms with Gasteiger partial charge in [0.1, 0.15) is 11.5 Å². The summed E-state index contributed by atoms with van der Waals surface area (Å²) >= 11 is 6.00. The van der Waals surface area contributed by atoms with Crippen molar-refractivity contribution >= 4 is 11.6 Å². The van der Waals surface area contributed by atoms with Crippen molar-refractivity contribution in [1.29, 1.82) is 0 Å². The Labute approximate surface area is 126 Å². The maximum atomic E-state index is 9.99. The number of rotatable bonds is 5. The Morgan fingerprint density at radius 1 is 1.20 bits per heavy atom. The van der Waals surface area contributed by atoms with Gasteiger partial charge < -0.3 is 10.2 Å². The van der Waals surface area contributed by atoms with E-state index in [0.29, 0.717) is 22.6 Å². The molecule has 20 heavy (non-hydrogen) atoms. The number of benzene rings is 1. The lowest BCUT2D eigenvalue weighted by atomic mass is 10.0.